The molecule has 2 heterocycles. The van der Waals surface area contributed by atoms with E-state index in [1.165, 1.54) is 0 Å². The third-order valence-electron chi connectivity index (χ3n) is 3.26. The Balaban J connectivity index is 1.84. The Hall–Kier alpha value is 0.220. The molecular formula is C11H20O4S2. The van der Waals surface area contributed by atoms with E-state index in [0.29, 0.717) is 18.1 Å². The lowest BCUT2D eigenvalue weighted by molar-refractivity contribution is -0.00648. The molecule has 0 amide bonds. The summed E-state index contributed by atoms with van der Waals surface area (Å²) in [6.07, 6.45) is 2.02. The molecule has 5 atom stereocenters. The van der Waals surface area contributed by atoms with Gasteiger partial charge < -0.3 is 9.47 Å². The van der Waals surface area contributed by atoms with E-state index in [-0.39, 0.29) is 22.9 Å². The molecule has 4 nitrogen and oxygen atoms in total. The first-order chi connectivity index (χ1) is 8.08. The molecule has 2 aliphatic heterocycles. The van der Waals surface area contributed by atoms with Gasteiger partial charge in [-0.05, 0) is 20.3 Å². The molecule has 0 aromatic rings. The summed E-state index contributed by atoms with van der Waals surface area (Å²) in [5.41, 5.74) is 0. The van der Waals surface area contributed by atoms with Crippen LogP contribution in [0.25, 0.3) is 0 Å². The van der Waals surface area contributed by atoms with E-state index >= 15 is 0 Å². The Labute approximate surface area is 107 Å². The van der Waals surface area contributed by atoms with Crippen molar-refractivity contribution in [1.82, 2.24) is 0 Å². The van der Waals surface area contributed by atoms with Gasteiger partial charge in [0.1, 0.15) is 4.58 Å². The molecule has 0 aromatic heterocycles. The summed E-state index contributed by atoms with van der Waals surface area (Å²) in [5, 5.41) is 0. The normalized spacial score (nSPS) is 47.2. The smallest absolute Gasteiger partial charge is 0.133 e. The molecule has 2 rings (SSSR count). The van der Waals surface area contributed by atoms with Crippen LogP contribution < -0.4 is 0 Å². The second-order valence-electron chi connectivity index (χ2n) is 4.71. The van der Waals surface area contributed by atoms with Crippen LogP contribution in [0.3, 0.4) is 0 Å². The fourth-order valence-corrected chi connectivity index (χ4v) is 5.87. The van der Waals surface area contributed by atoms with Crippen molar-refractivity contribution in [1.29, 1.82) is 0 Å². The van der Waals surface area contributed by atoms with Gasteiger partial charge >= 0.3 is 0 Å². The highest BCUT2D eigenvalue weighted by molar-refractivity contribution is 8.03. The predicted molar refractivity (Wildman–Crippen MR) is 68.8 cm³/mol. The van der Waals surface area contributed by atoms with Crippen LogP contribution in [0.2, 0.25) is 0 Å². The summed E-state index contributed by atoms with van der Waals surface area (Å²) in [5.74, 6) is 1.32. The molecule has 0 radical (unpaired) electrons. The van der Waals surface area contributed by atoms with Gasteiger partial charge in [0.05, 0.1) is 24.9 Å². The van der Waals surface area contributed by atoms with Crippen molar-refractivity contribution in [2.45, 2.75) is 49.6 Å². The standard InChI is InChI=1S/C11H20O4S2/c1-8-6-10(9(2)15-8)14-7-11-16(12)4-3-5-17(11)13/h8-11H,3-7H2,1-2H3/t8-,9+,10+,11?,16?,17?/m0/s1. The van der Waals surface area contributed by atoms with Crippen LogP contribution in [0, 0.1) is 0 Å². The van der Waals surface area contributed by atoms with Crippen molar-refractivity contribution in [3.05, 3.63) is 0 Å². The minimum atomic E-state index is -0.994. The van der Waals surface area contributed by atoms with E-state index < -0.39 is 21.6 Å². The van der Waals surface area contributed by atoms with Crippen LogP contribution >= 0.6 is 0 Å². The van der Waals surface area contributed by atoms with Crippen LogP contribution in [-0.2, 0) is 31.1 Å². The molecule has 2 unspecified atom stereocenters. The van der Waals surface area contributed by atoms with Crippen LogP contribution in [-0.4, -0.2) is 49.4 Å². The molecule has 100 valence electrons. The van der Waals surface area contributed by atoms with Crippen molar-refractivity contribution in [3.8, 4) is 0 Å². The zero-order chi connectivity index (χ0) is 12.4. The topological polar surface area (TPSA) is 52.6 Å². The summed E-state index contributed by atoms with van der Waals surface area (Å²) < 4.78 is 34.6. The van der Waals surface area contributed by atoms with Crippen molar-refractivity contribution in [2.75, 3.05) is 18.1 Å². The van der Waals surface area contributed by atoms with E-state index in [4.69, 9.17) is 9.47 Å². The predicted octanol–water partition coefficient (Wildman–Crippen LogP) is 0.796. The Morgan fingerprint density at radius 3 is 2.41 bits per heavy atom. The van der Waals surface area contributed by atoms with E-state index in [9.17, 15) is 8.42 Å². The minimum absolute atomic E-state index is 0.0564. The molecule has 0 aromatic carbocycles. The lowest BCUT2D eigenvalue weighted by Crippen LogP contribution is -2.36. The third kappa shape index (κ3) is 3.36. The summed E-state index contributed by atoms with van der Waals surface area (Å²) >= 11 is 0. The van der Waals surface area contributed by atoms with Crippen LogP contribution in [0.1, 0.15) is 26.7 Å². The summed E-state index contributed by atoms with van der Waals surface area (Å²) in [7, 11) is -1.99. The maximum absolute atomic E-state index is 11.8. The second-order valence-corrected chi connectivity index (χ2v) is 8.49. The zero-order valence-corrected chi connectivity index (χ0v) is 11.9. The first-order valence-corrected chi connectivity index (χ1v) is 8.85. The number of hydrogen-bond donors (Lipinski definition) is 0. The van der Waals surface area contributed by atoms with Gasteiger partial charge in [-0.15, -0.1) is 0 Å². The van der Waals surface area contributed by atoms with Crippen molar-refractivity contribution >= 4 is 21.6 Å². The van der Waals surface area contributed by atoms with Gasteiger partial charge in [0.2, 0.25) is 0 Å². The summed E-state index contributed by atoms with van der Waals surface area (Å²) in [6, 6.07) is 0. The number of ether oxygens (including phenoxy) is 2. The second kappa shape index (κ2) is 5.91. The molecule has 6 heteroatoms. The first kappa shape index (κ1) is 13.6. The SMILES string of the molecule is C[C@H]1C[C@@H](OCC2S(=O)CCCS2=O)[C@@H](C)O1. The number of hydrogen-bond acceptors (Lipinski definition) is 4. The Morgan fingerprint density at radius 2 is 1.88 bits per heavy atom. The van der Waals surface area contributed by atoms with Gasteiger partial charge in [-0.2, -0.15) is 0 Å². The molecule has 17 heavy (non-hydrogen) atoms. The maximum atomic E-state index is 11.8. The van der Waals surface area contributed by atoms with Gasteiger partial charge in [0, 0.05) is 39.5 Å². The average Bonchev–Trinajstić information content (AvgIpc) is 2.57. The summed E-state index contributed by atoms with van der Waals surface area (Å²) in [4.78, 5) is 0. The zero-order valence-electron chi connectivity index (χ0n) is 10.3. The van der Waals surface area contributed by atoms with Gasteiger partial charge in [-0.25, -0.2) is 0 Å². The molecule has 0 bridgehead atoms. The molecule has 0 spiro atoms. The van der Waals surface area contributed by atoms with Gasteiger partial charge in [-0.3, -0.25) is 8.42 Å². The van der Waals surface area contributed by atoms with Crippen LogP contribution in [0.4, 0.5) is 0 Å². The van der Waals surface area contributed by atoms with Crippen LogP contribution in [0.5, 0.6) is 0 Å². The van der Waals surface area contributed by atoms with Crippen molar-refractivity contribution < 1.29 is 17.9 Å². The Bertz CT molecular complexity index is 305. The highest BCUT2D eigenvalue weighted by atomic mass is 32.2. The largest absolute Gasteiger partial charge is 0.373 e. The highest BCUT2D eigenvalue weighted by Crippen LogP contribution is 2.23. The fraction of sp³-hybridized carbons (Fsp3) is 1.00. The maximum Gasteiger partial charge on any atom is 0.133 e. The Morgan fingerprint density at radius 1 is 1.24 bits per heavy atom. The summed E-state index contributed by atoms with van der Waals surface area (Å²) in [6.45, 7) is 4.35. The molecule has 0 saturated carbocycles. The molecule has 2 fully saturated rings. The van der Waals surface area contributed by atoms with Gasteiger partial charge in [-0.1, -0.05) is 0 Å². The number of rotatable bonds is 3. The third-order valence-corrected chi connectivity index (χ3v) is 7.37. The molecule has 0 aliphatic carbocycles. The minimum Gasteiger partial charge on any atom is -0.373 e. The lowest BCUT2D eigenvalue weighted by Gasteiger charge is -2.23. The molecule has 0 N–H and O–H groups in total. The van der Waals surface area contributed by atoms with E-state index in [0.717, 1.165) is 12.8 Å². The first-order valence-electron chi connectivity index (χ1n) is 6.09. The van der Waals surface area contributed by atoms with Gasteiger partial charge in [0.15, 0.2) is 0 Å². The molecule has 2 saturated heterocycles. The van der Waals surface area contributed by atoms with Gasteiger partial charge in [0.25, 0.3) is 0 Å². The average molecular weight is 280 g/mol. The van der Waals surface area contributed by atoms with Crippen molar-refractivity contribution in [3.63, 3.8) is 0 Å². The monoisotopic (exact) mass is 280 g/mol. The molecule has 2 aliphatic rings. The van der Waals surface area contributed by atoms with Crippen molar-refractivity contribution in [2.24, 2.45) is 0 Å². The van der Waals surface area contributed by atoms with E-state index in [2.05, 4.69) is 0 Å². The van der Waals surface area contributed by atoms with E-state index in [1.54, 1.807) is 0 Å². The van der Waals surface area contributed by atoms with Crippen LogP contribution in [0.15, 0.2) is 0 Å². The highest BCUT2D eigenvalue weighted by Gasteiger charge is 2.33. The molecular weight excluding hydrogens is 260 g/mol. The lowest BCUT2D eigenvalue weighted by atomic mass is 10.2. The van der Waals surface area contributed by atoms with E-state index in [1.807, 2.05) is 13.8 Å². The Kier molecular flexibility index (Phi) is 4.74. The quantitative estimate of drug-likeness (QED) is 0.767. The fourth-order valence-electron chi connectivity index (χ4n) is 2.31.